The van der Waals surface area contributed by atoms with Crippen molar-refractivity contribution in [3.8, 4) is 0 Å². The fourth-order valence-corrected chi connectivity index (χ4v) is 3.60. The van der Waals surface area contributed by atoms with Gasteiger partial charge in [-0.25, -0.2) is 4.99 Å². The van der Waals surface area contributed by atoms with Crippen LogP contribution >= 0.6 is 51.7 Å². The summed E-state index contributed by atoms with van der Waals surface area (Å²) in [4.78, 5) is 6.91. The van der Waals surface area contributed by atoms with Crippen LogP contribution in [0, 0.1) is 0 Å². The summed E-state index contributed by atoms with van der Waals surface area (Å²) in [7, 11) is 0. The Balaban J connectivity index is 0.00000147. The van der Waals surface area contributed by atoms with Crippen molar-refractivity contribution in [1.82, 2.24) is 4.90 Å². The van der Waals surface area contributed by atoms with Crippen molar-refractivity contribution in [2.75, 3.05) is 24.6 Å². The molecule has 2 aliphatic rings. The van der Waals surface area contributed by atoms with Gasteiger partial charge in [-0.2, -0.15) is 11.8 Å². The molecule has 1 aliphatic heterocycles. The Morgan fingerprint density at radius 1 is 1.25 bits per heavy atom. The van der Waals surface area contributed by atoms with Crippen LogP contribution in [0.4, 0.5) is 0 Å². The Morgan fingerprint density at radius 3 is 2.55 bits per heavy atom. The van der Waals surface area contributed by atoms with Gasteiger partial charge in [0.25, 0.3) is 0 Å². The normalized spacial score (nSPS) is 26.1. The van der Waals surface area contributed by atoms with E-state index in [2.05, 4.69) is 45.1 Å². The number of rotatable bonds is 2. The maximum atomic E-state index is 6.11. The highest BCUT2D eigenvalue weighted by Crippen LogP contribution is 2.43. The number of nitrogens with zero attached hydrogens (tertiary/aromatic N) is 2. The molecule has 0 unspecified atom stereocenters. The van der Waals surface area contributed by atoms with Gasteiger partial charge < -0.3 is 10.6 Å². The minimum Gasteiger partial charge on any atom is -0.370 e. The summed E-state index contributed by atoms with van der Waals surface area (Å²) in [5.41, 5.74) is 7.49. The molecule has 1 aromatic carbocycles. The molecule has 6 heteroatoms. The molecule has 2 fully saturated rings. The fourth-order valence-electron chi connectivity index (χ4n) is 2.44. The van der Waals surface area contributed by atoms with E-state index in [1.165, 1.54) is 5.56 Å². The van der Waals surface area contributed by atoms with Crippen molar-refractivity contribution in [3.05, 3.63) is 34.3 Å². The number of thioether (sulfide) groups is 1. The lowest BCUT2D eigenvalue weighted by atomic mass is 10.1. The van der Waals surface area contributed by atoms with Gasteiger partial charge in [0.15, 0.2) is 5.96 Å². The molecule has 2 N–H and O–H groups in total. The van der Waals surface area contributed by atoms with Crippen LogP contribution in [-0.4, -0.2) is 41.5 Å². The average molecular weight is 468 g/mol. The molecule has 3 nitrogen and oxygen atoms in total. The molecule has 3 rings (SSSR count). The standard InChI is InChI=1S/C14H18BrN3S.HI/c15-11-3-1-10(2-4-11)12-9-13(12)17-14(16)18-5-7-19-8-6-18;/h1-4,12-13H,5-9H2,(H2,16,17);1H/t12-,13+;/m0./s1. The lowest BCUT2D eigenvalue weighted by Crippen LogP contribution is -2.42. The molecule has 0 radical (unpaired) electrons. The van der Waals surface area contributed by atoms with Crippen LogP contribution in [0.5, 0.6) is 0 Å². The summed E-state index contributed by atoms with van der Waals surface area (Å²) in [5, 5.41) is 0. The lowest BCUT2D eigenvalue weighted by Gasteiger charge is -2.27. The minimum atomic E-state index is 0. The Kier molecular flexibility index (Phi) is 6.04. The zero-order chi connectivity index (χ0) is 13.2. The summed E-state index contributed by atoms with van der Waals surface area (Å²) in [6.07, 6.45) is 1.13. The summed E-state index contributed by atoms with van der Waals surface area (Å²) in [6.45, 7) is 2.07. The molecule has 1 saturated carbocycles. The maximum Gasteiger partial charge on any atom is 0.191 e. The van der Waals surface area contributed by atoms with Crippen LogP contribution in [-0.2, 0) is 0 Å². The first kappa shape index (κ1) is 16.4. The highest BCUT2D eigenvalue weighted by atomic mass is 127. The smallest absolute Gasteiger partial charge is 0.191 e. The third kappa shape index (κ3) is 4.04. The van der Waals surface area contributed by atoms with Gasteiger partial charge in [0.1, 0.15) is 0 Å². The number of hydrogen-bond donors (Lipinski definition) is 1. The summed E-state index contributed by atoms with van der Waals surface area (Å²) < 4.78 is 1.13. The van der Waals surface area contributed by atoms with Gasteiger partial charge in [0, 0.05) is 35.0 Å². The number of hydrogen-bond acceptors (Lipinski definition) is 2. The molecule has 0 spiro atoms. The summed E-state index contributed by atoms with van der Waals surface area (Å²) in [6, 6.07) is 8.94. The molecule has 20 heavy (non-hydrogen) atoms. The van der Waals surface area contributed by atoms with Gasteiger partial charge >= 0.3 is 0 Å². The topological polar surface area (TPSA) is 41.6 Å². The quantitative estimate of drug-likeness (QED) is 0.412. The first-order valence-electron chi connectivity index (χ1n) is 6.65. The molecule has 0 bridgehead atoms. The Labute approximate surface area is 149 Å². The lowest BCUT2D eigenvalue weighted by molar-refractivity contribution is 0.455. The Bertz CT molecular complexity index is 474. The number of benzene rings is 1. The predicted molar refractivity (Wildman–Crippen MR) is 101 cm³/mol. The van der Waals surface area contributed by atoms with Crippen molar-refractivity contribution < 1.29 is 0 Å². The van der Waals surface area contributed by atoms with E-state index in [1.807, 2.05) is 11.8 Å². The van der Waals surface area contributed by atoms with E-state index in [0.29, 0.717) is 12.0 Å². The highest BCUT2D eigenvalue weighted by Gasteiger charge is 2.38. The van der Waals surface area contributed by atoms with Gasteiger partial charge in [-0.1, -0.05) is 28.1 Å². The van der Waals surface area contributed by atoms with Gasteiger partial charge in [-0.3, -0.25) is 0 Å². The van der Waals surface area contributed by atoms with E-state index in [-0.39, 0.29) is 24.0 Å². The number of halogens is 2. The first-order valence-corrected chi connectivity index (χ1v) is 8.60. The molecule has 110 valence electrons. The van der Waals surface area contributed by atoms with E-state index in [4.69, 9.17) is 10.7 Å². The third-order valence-corrected chi connectivity index (χ3v) is 5.16. The molecule has 1 aliphatic carbocycles. The van der Waals surface area contributed by atoms with Gasteiger partial charge in [0.2, 0.25) is 0 Å². The van der Waals surface area contributed by atoms with E-state index >= 15 is 0 Å². The van der Waals surface area contributed by atoms with Gasteiger partial charge in [-0.05, 0) is 24.1 Å². The molecular weight excluding hydrogens is 449 g/mol. The maximum absolute atomic E-state index is 6.11. The third-order valence-electron chi connectivity index (χ3n) is 3.69. The average Bonchev–Trinajstić information content (AvgIpc) is 3.20. The monoisotopic (exact) mass is 467 g/mol. The van der Waals surface area contributed by atoms with Gasteiger partial charge in [0.05, 0.1) is 6.04 Å². The van der Waals surface area contributed by atoms with Crippen molar-refractivity contribution >= 4 is 57.6 Å². The molecule has 1 saturated heterocycles. The largest absolute Gasteiger partial charge is 0.370 e. The second kappa shape index (κ2) is 7.35. The Morgan fingerprint density at radius 2 is 1.90 bits per heavy atom. The number of nitrogens with two attached hydrogens (primary N) is 1. The number of guanidine groups is 1. The second-order valence-electron chi connectivity index (χ2n) is 5.05. The second-order valence-corrected chi connectivity index (χ2v) is 7.19. The highest BCUT2D eigenvalue weighted by molar-refractivity contribution is 14.0. The molecule has 1 aromatic rings. The van der Waals surface area contributed by atoms with Crippen LogP contribution in [0.3, 0.4) is 0 Å². The van der Waals surface area contributed by atoms with Crippen LogP contribution in [0.1, 0.15) is 17.9 Å². The molecular formula is C14H19BrIN3S. The van der Waals surface area contributed by atoms with E-state index in [9.17, 15) is 0 Å². The summed E-state index contributed by atoms with van der Waals surface area (Å²) in [5.74, 6) is 3.63. The van der Waals surface area contributed by atoms with E-state index in [0.717, 1.165) is 41.4 Å². The van der Waals surface area contributed by atoms with E-state index < -0.39 is 0 Å². The van der Waals surface area contributed by atoms with E-state index in [1.54, 1.807) is 0 Å². The Hall–Kier alpha value is 0.0500. The van der Waals surface area contributed by atoms with Crippen LogP contribution < -0.4 is 5.73 Å². The van der Waals surface area contributed by atoms with Crippen molar-refractivity contribution in [3.63, 3.8) is 0 Å². The minimum absolute atomic E-state index is 0. The van der Waals surface area contributed by atoms with Crippen LogP contribution in [0.25, 0.3) is 0 Å². The van der Waals surface area contributed by atoms with Crippen LogP contribution in [0.2, 0.25) is 0 Å². The zero-order valence-corrected chi connectivity index (χ0v) is 15.9. The first-order chi connectivity index (χ1) is 9.24. The van der Waals surface area contributed by atoms with Crippen molar-refractivity contribution in [2.24, 2.45) is 10.7 Å². The fraction of sp³-hybridized carbons (Fsp3) is 0.500. The van der Waals surface area contributed by atoms with Crippen molar-refractivity contribution in [2.45, 2.75) is 18.4 Å². The van der Waals surface area contributed by atoms with Crippen molar-refractivity contribution in [1.29, 1.82) is 0 Å². The zero-order valence-electron chi connectivity index (χ0n) is 11.2. The molecule has 1 heterocycles. The number of aliphatic imine (C=N–C) groups is 1. The summed E-state index contributed by atoms with van der Waals surface area (Å²) >= 11 is 5.46. The molecule has 0 aromatic heterocycles. The predicted octanol–water partition coefficient (Wildman–Crippen LogP) is 3.29. The van der Waals surface area contributed by atoms with Crippen LogP contribution in [0.15, 0.2) is 33.7 Å². The van der Waals surface area contributed by atoms with Gasteiger partial charge in [-0.15, -0.1) is 24.0 Å². The molecule has 2 atom stereocenters. The SMILES string of the molecule is I.NC(=N[C@@H]1C[C@H]1c1ccc(Br)cc1)N1CCSCC1. The molecule has 0 amide bonds.